The van der Waals surface area contributed by atoms with Crippen molar-refractivity contribution in [3.8, 4) is 0 Å². The maximum absolute atomic E-state index is 10.7. The summed E-state index contributed by atoms with van der Waals surface area (Å²) >= 11 is 1.85. The van der Waals surface area contributed by atoms with E-state index in [0.29, 0.717) is 0 Å². The molecule has 0 atom stereocenters. The second kappa shape index (κ2) is 3.34. The number of rotatable bonds is 1. The van der Waals surface area contributed by atoms with Gasteiger partial charge in [-0.05, 0) is 25.7 Å². The molecule has 2 heteroatoms. The van der Waals surface area contributed by atoms with E-state index in [1.54, 1.807) is 0 Å². The van der Waals surface area contributed by atoms with Crippen LogP contribution in [0.5, 0.6) is 0 Å². The molecule has 0 spiro atoms. The minimum Gasteiger partial charge on any atom is -0.283 e. The van der Waals surface area contributed by atoms with E-state index in [2.05, 4.69) is 6.08 Å². The van der Waals surface area contributed by atoms with Crippen molar-refractivity contribution >= 4 is 26.4 Å². The molecule has 0 bridgehead atoms. The Hall–Kier alpha value is 0.140. The fourth-order valence-corrected chi connectivity index (χ4v) is 1.51. The van der Waals surface area contributed by atoms with E-state index in [1.807, 2.05) is 22.6 Å². The minimum absolute atomic E-state index is 0.229. The fourth-order valence-electron chi connectivity index (χ4n) is 1.02. The van der Waals surface area contributed by atoms with Gasteiger partial charge in [0.2, 0.25) is 3.79 Å². The SMILES string of the molecule is O=C(I)C1=CCCCC1. The number of carbonyl (C=O) groups excluding carboxylic acids is 1. The normalized spacial score (nSPS) is 19.0. The van der Waals surface area contributed by atoms with Crippen LogP contribution in [-0.2, 0) is 4.79 Å². The van der Waals surface area contributed by atoms with E-state index < -0.39 is 0 Å². The smallest absolute Gasteiger partial charge is 0.218 e. The highest BCUT2D eigenvalue weighted by Crippen LogP contribution is 2.19. The highest BCUT2D eigenvalue weighted by atomic mass is 127. The van der Waals surface area contributed by atoms with Gasteiger partial charge in [-0.1, -0.05) is 6.08 Å². The summed E-state index contributed by atoms with van der Waals surface area (Å²) in [5.41, 5.74) is 1.03. The van der Waals surface area contributed by atoms with Crippen molar-refractivity contribution in [1.29, 1.82) is 0 Å². The molecule has 0 heterocycles. The third kappa shape index (κ3) is 2.08. The van der Waals surface area contributed by atoms with Crippen LogP contribution in [0.3, 0.4) is 0 Å². The van der Waals surface area contributed by atoms with E-state index in [4.69, 9.17) is 0 Å². The summed E-state index contributed by atoms with van der Waals surface area (Å²) in [6, 6.07) is 0. The summed E-state index contributed by atoms with van der Waals surface area (Å²) in [5, 5.41) is 0. The Morgan fingerprint density at radius 3 is 2.67 bits per heavy atom. The predicted octanol–water partition coefficient (Wildman–Crippen LogP) is 2.45. The number of halogens is 1. The second-order valence-electron chi connectivity index (χ2n) is 2.25. The molecule has 0 saturated carbocycles. The maximum Gasteiger partial charge on any atom is 0.218 e. The minimum atomic E-state index is 0.229. The van der Waals surface area contributed by atoms with Gasteiger partial charge in [0.15, 0.2) is 0 Å². The molecule has 9 heavy (non-hydrogen) atoms. The molecule has 0 aliphatic heterocycles. The van der Waals surface area contributed by atoms with Crippen LogP contribution in [-0.4, -0.2) is 3.79 Å². The van der Waals surface area contributed by atoms with Gasteiger partial charge in [-0.15, -0.1) is 0 Å². The van der Waals surface area contributed by atoms with Gasteiger partial charge in [-0.3, -0.25) is 4.79 Å². The zero-order chi connectivity index (χ0) is 6.69. The second-order valence-corrected chi connectivity index (χ2v) is 3.23. The van der Waals surface area contributed by atoms with Crippen molar-refractivity contribution in [1.82, 2.24) is 0 Å². The highest BCUT2D eigenvalue weighted by Gasteiger charge is 2.07. The molecule has 0 saturated heterocycles. The average Bonchev–Trinajstić information content (AvgIpc) is 1.90. The van der Waals surface area contributed by atoms with Crippen molar-refractivity contribution in [3.05, 3.63) is 11.6 Å². The summed E-state index contributed by atoms with van der Waals surface area (Å²) in [6.45, 7) is 0. The molecule has 1 rings (SSSR count). The fraction of sp³-hybridized carbons (Fsp3) is 0.571. The lowest BCUT2D eigenvalue weighted by atomic mass is 10.0. The Labute approximate surface area is 68.7 Å². The van der Waals surface area contributed by atoms with Gasteiger partial charge >= 0.3 is 0 Å². The van der Waals surface area contributed by atoms with Crippen LogP contribution in [0.4, 0.5) is 0 Å². The summed E-state index contributed by atoms with van der Waals surface area (Å²) < 4.78 is 0.229. The molecule has 1 nitrogen and oxygen atoms in total. The average molecular weight is 236 g/mol. The zero-order valence-electron chi connectivity index (χ0n) is 5.19. The first-order valence-corrected chi connectivity index (χ1v) is 4.27. The maximum atomic E-state index is 10.7. The molecule has 0 amide bonds. The Kier molecular flexibility index (Phi) is 2.69. The Morgan fingerprint density at radius 2 is 2.33 bits per heavy atom. The molecule has 1 aliphatic carbocycles. The molecule has 0 aromatic rings. The molecule has 0 aromatic carbocycles. The van der Waals surface area contributed by atoms with Crippen LogP contribution in [0.25, 0.3) is 0 Å². The number of hydrogen-bond donors (Lipinski definition) is 0. The van der Waals surface area contributed by atoms with Gasteiger partial charge in [-0.2, -0.15) is 0 Å². The van der Waals surface area contributed by atoms with Crippen molar-refractivity contribution in [2.75, 3.05) is 0 Å². The Morgan fingerprint density at radius 1 is 1.56 bits per heavy atom. The van der Waals surface area contributed by atoms with Crippen LogP contribution >= 0.6 is 22.6 Å². The third-order valence-electron chi connectivity index (χ3n) is 1.54. The largest absolute Gasteiger partial charge is 0.283 e. The van der Waals surface area contributed by atoms with Crippen molar-refractivity contribution < 1.29 is 4.79 Å². The topological polar surface area (TPSA) is 17.1 Å². The van der Waals surface area contributed by atoms with Crippen LogP contribution < -0.4 is 0 Å². The van der Waals surface area contributed by atoms with Gasteiger partial charge in [-0.25, -0.2) is 0 Å². The molecule has 0 aromatic heterocycles. The number of allylic oxidation sites excluding steroid dienone is 2. The molecular weight excluding hydrogens is 227 g/mol. The molecule has 0 unspecified atom stereocenters. The first-order valence-electron chi connectivity index (χ1n) is 3.19. The zero-order valence-corrected chi connectivity index (χ0v) is 7.35. The predicted molar refractivity (Wildman–Crippen MR) is 45.6 cm³/mol. The first kappa shape index (κ1) is 7.25. The summed E-state index contributed by atoms with van der Waals surface area (Å²) in [5.74, 6) is 0. The Bertz CT molecular complexity index is 149. The monoisotopic (exact) mass is 236 g/mol. The lowest BCUT2D eigenvalue weighted by Crippen LogP contribution is -1.97. The molecule has 0 fully saturated rings. The van der Waals surface area contributed by atoms with Gasteiger partial charge in [0.1, 0.15) is 0 Å². The van der Waals surface area contributed by atoms with Gasteiger partial charge in [0.05, 0.1) is 0 Å². The third-order valence-corrected chi connectivity index (χ3v) is 2.24. The van der Waals surface area contributed by atoms with Crippen LogP contribution in [0, 0.1) is 0 Å². The van der Waals surface area contributed by atoms with E-state index in [-0.39, 0.29) is 3.79 Å². The van der Waals surface area contributed by atoms with Crippen LogP contribution in [0.15, 0.2) is 11.6 Å². The van der Waals surface area contributed by atoms with Crippen molar-refractivity contribution in [2.45, 2.75) is 25.7 Å². The number of hydrogen-bond acceptors (Lipinski definition) is 1. The van der Waals surface area contributed by atoms with E-state index >= 15 is 0 Å². The van der Waals surface area contributed by atoms with Crippen molar-refractivity contribution in [3.63, 3.8) is 0 Å². The quantitative estimate of drug-likeness (QED) is 0.504. The first-order chi connectivity index (χ1) is 4.30. The van der Waals surface area contributed by atoms with Crippen LogP contribution in [0.1, 0.15) is 25.7 Å². The van der Waals surface area contributed by atoms with E-state index in [1.165, 1.54) is 12.8 Å². The van der Waals surface area contributed by atoms with Gasteiger partial charge in [0, 0.05) is 28.2 Å². The lowest BCUT2D eigenvalue weighted by Gasteiger charge is -2.07. The standard InChI is InChI=1S/C7H9IO/c8-7(9)6-4-2-1-3-5-6/h4H,1-3,5H2. The van der Waals surface area contributed by atoms with Gasteiger partial charge in [0.25, 0.3) is 0 Å². The summed E-state index contributed by atoms with van der Waals surface area (Å²) in [7, 11) is 0. The number of carbonyl (C=O) groups is 1. The molecule has 0 radical (unpaired) electrons. The van der Waals surface area contributed by atoms with Crippen LogP contribution in [0.2, 0.25) is 0 Å². The molecule has 0 N–H and O–H groups in total. The van der Waals surface area contributed by atoms with Gasteiger partial charge < -0.3 is 0 Å². The highest BCUT2D eigenvalue weighted by molar-refractivity contribution is 14.1. The lowest BCUT2D eigenvalue weighted by molar-refractivity contribution is -0.106. The summed E-state index contributed by atoms with van der Waals surface area (Å²) in [6.07, 6.45) is 6.62. The van der Waals surface area contributed by atoms with E-state index in [9.17, 15) is 4.79 Å². The molecular formula is C7H9IO. The van der Waals surface area contributed by atoms with Crippen molar-refractivity contribution in [2.24, 2.45) is 0 Å². The molecule has 50 valence electrons. The van der Waals surface area contributed by atoms with E-state index in [0.717, 1.165) is 18.4 Å². The molecule has 1 aliphatic rings. The Balaban J connectivity index is 2.57. The summed E-state index contributed by atoms with van der Waals surface area (Å²) in [4.78, 5) is 10.7.